The monoisotopic (exact) mass is 476 g/mol. The summed E-state index contributed by atoms with van der Waals surface area (Å²) in [6, 6.07) is 10.2. The van der Waals surface area contributed by atoms with Crippen LogP contribution in [0.3, 0.4) is 0 Å². The van der Waals surface area contributed by atoms with Crippen molar-refractivity contribution in [2.75, 3.05) is 20.6 Å². The lowest BCUT2D eigenvalue weighted by Gasteiger charge is -2.14. The van der Waals surface area contributed by atoms with Crippen LogP contribution in [0.15, 0.2) is 46.8 Å². The smallest absolute Gasteiger partial charge is 0.241 e. The number of rotatable bonds is 6. The van der Waals surface area contributed by atoms with Gasteiger partial charge in [-0.3, -0.25) is 4.79 Å². The zero-order chi connectivity index (χ0) is 17.4. The molecule has 2 rings (SSSR count). The first-order valence-corrected chi connectivity index (χ1v) is 8.41. The first kappa shape index (κ1) is 21.4. The Bertz CT molecular complexity index is 674. The number of carbonyl (C=O) groups excluding carboxylic acids is 1. The van der Waals surface area contributed by atoms with Crippen molar-refractivity contribution in [3.05, 3.63) is 58.0 Å². The van der Waals surface area contributed by atoms with Crippen LogP contribution < -0.4 is 10.6 Å². The van der Waals surface area contributed by atoms with Gasteiger partial charge in [0.05, 0.1) is 19.6 Å². The molecule has 1 amide bonds. The Labute approximate surface area is 168 Å². The van der Waals surface area contributed by atoms with E-state index in [0.717, 1.165) is 5.56 Å². The van der Waals surface area contributed by atoms with Crippen LogP contribution in [0.25, 0.3) is 0 Å². The molecule has 0 aliphatic carbocycles. The number of nitrogens with zero attached hydrogens (tertiary/aromatic N) is 2. The number of carbonyl (C=O) groups is 1. The van der Waals surface area contributed by atoms with E-state index in [4.69, 9.17) is 0 Å². The van der Waals surface area contributed by atoms with Crippen LogP contribution in [0, 0.1) is 5.82 Å². The van der Waals surface area contributed by atoms with Gasteiger partial charge in [-0.15, -0.1) is 35.3 Å². The molecular formula is C17H22FIN4OS. The molecule has 0 bridgehead atoms. The van der Waals surface area contributed by atoms with Gasteiger partial charge in [-0.1, -0.05) is 18.2 Å². The fourth-order valence-corrected chi connectivity index (χ4v) is 2.48. The van der Waals surface area contributed by atoms with E-state index < -0.39 is 0 Å². The van der Waals surface area contributed by atoms with E-state index in [1.807, 2.05) is 17.5 Å². The van der Waals surface area contributed by atoms with Crippen molar-refractivity contribution in [2.24, 2.45) is 4.99 Å². The molecule has 2 aromatic rings. The molecule has 8 heteroatoms. The molecule has 25 heavy (non-hydrogen) atoms. The molecule has 0 atom stereocenters. The predicted molar refractivity (Wildman–Crippen MR) is 111 cm³/mol. The minimum atomic E-state index is -0.270. The second-order valence-corrected chi connectivity index (χ2v) is 6.40. The molecule has 0 fully saturated rings. The van der Waals surface area contributed by atoms with Crippen LogP contribution >= 0.6 is 35.3 Å². The Kier molecular flexibility index (Phi) is 9.43. The van der Waals surface area contributed by atoms with Crippen molar-refractivity contribution in [1.82, 2.24) is 15.5 Å². The molecule has 5 nitrogen and oxygen atoms in total. The number of guanidine groups is 1. The largest absolute Gasteiger partial charge is 0.351 e. The van der Waals surface area contributed by atoms with Gasteiger partial charge in [0, 0.05) is 19.0 Å². The molecule has 2 N–H and O–H groups in total. The second kappa shape index (κ2) is 11.0. The fourth-order valence-electron chi connectivity index (χ4n) is 1.84. The Balaban J connectivity index is 0.00000312. The molecule has 0 radical (unpaired) electrons. The number of hydrogen-bond acceptors (Lipinski definition) is 3. The minimum Gasteiger partial charge on any atom is -0.351 e. The van der Waals surface area contributed by atoms with E-state index in [1.54, 1.807) is 37.6 Å². The van der Waals surface area contributed by atoms with Gasteiger partial charge in [-0.05, 0) is 29.1 Å². The van der Waals surface area contributed by atoms with E-state index in [9.17, 15) is 9.18 Å². The third-order valence-corrected chi connectivity index (χ3v) is 4.13. The van der Waals surface area contributed by atoms with Gasteiger partial charge in [0.2, 0.25) is 5.91 Å². The van der Waals surface area contributed by atoms with Crippen molar-refractivity contribution in [3.63, 3.8) is 0 Å². The summed E-state index contributed by atoms with van der Waals surface area (Å²) in [6.45, 7) is 1.19. The normalized spacial score (nSPS) is 10.8. The number of thiophene rings is 1. The quantitative estimate of drug-likeness (QED) is 0.383. The predicted octanol–water partition coefficient (Wildman–Crippen LogP) is 2.83. The van der Waals surface area contributed by atoms with Crippen LogP contribution in [0.5, 0.6) is 0 Å². The van der Waals surface area contributed by atoms with Gasteiger partial charge in [-0.25, -0.2) is 9.38 Å². The number of benzene rings is 1. The highest BCUT2D eigenvalue weighted by atomic mass is 127. The molecule has 0 saturated carbocycles. The van der Waals surface area contributed by atoms with Crippen LogP contribution in [0.1, 0.15) is 10.4 Å². The molecule has 0 spiro atoms. The maximum Gasteiger partial charge on any atom is 0.241 e. The van der Waals surface area contributed by atoms with Crippen molar-refractivity contribution < 1.29 is 9.18 Å². The van der Waals surface area contributed by atoms with Crippen LogP contribution in [0.2, 0.25) is 0 Å². The molecular weight excluding hydrogens is 454 g/mol. The lowest BCUT2D eigenvalue weighted by atomic mass is 10.2. The molecule has 136 valence electrons. The van der Waals surface area contributed by atoms with Crippen molar-refractivity contribution in [3.8, 4) is 0 Å². The zero-order valence-corrected chi connectivity index (χ0v) is 17.3. The van der Waals surface area contributed by atoms with Crippen molar-refractivity contribution in [1.29, 1.82) is 0 Å². The summed E-state index contributed by atoms with van der Waals surface area (Å²) in [5.74, 6) is 0.235. The summed E-state index contributed by atoms with van der Waals surface area (Å²) in [5.41, 5.74) is 0.896. The van der Waals surface area contributed by atoms with E-state index in [-0.39, 0.29) is 42.2 Å². The zero-order valence-electron chi connectivity index (χ0n) is 14.2. The van der Waals surface area contributed by atoms with E-state index in [1.165, 1.54) is 21.9 Å². The highest BCUT2D eigenvalue weighted by molar-refractivity contribution is 14.0. The summed E-state index contributed by atoms with van der Waals surface area (Å²) in [6.07, 6.45) is 0. The van der Waals surface area contributed by atoms with Gasteiger partial charge in [0.1, 0.15) is 5.82 Å². The highest BCUT2D eigenvalue weighted by Gasteiger charge is 2.06. The third kappa shape index (κ3) is 7.82. The molecule has 0 unspecified atom stereocenters. The summed E-state index contributed by atoms with van der Waals surface area (Å²) in [4.78, 5) is 18.9. The van der Waals surface area contributed by atoms with Crippen LogP contribution in [-0.2, 0) is 17.9 Å². The van der Waals surface area contributed by atoms with Gasteiger partial charge < -0.3 is 15.5 Å². The Hall–Kier alpha value is -1.68. The van der Waals surface area contributed by atoms with E-state index in [2.05, 4.69) is 15.6 Å². The average Bonchev–Trinajstić information content (AvgIpc) is 3.08. The summed E-state index contributed by atoms with van der Waals surface area (Å²) in [5, 5.41) is 8.23. The van der Waals surface area contributed by atoms with Gasteiger partial charge in [0.25, 0.3) is 0 Å². The minimum absolute atomic E-state index is 0. The average molecular weight is 476 g/mol. The summed E-state index contributed by atoms with van der Waals surface area (Å²) in [7, 11) is 3.41. The molecule has 1 aromatic heterocycles. The van der Waals surface area contributed by atoms with Gasteiger partial charge >= 0.3 is 0 Å². The van der Waals surface area contributed by atoms with E-state index >= 15 is 0 Å². The number of aliphatic imine (C=N–C) groups is 1. The fraction of sp³-hybridized carbons (Fsp3) is 0.294. The SMILES string of the molecule is CN(C)C(=O)CNC(=NCc1ccc(F)cc1)NCc1cccs1.I. The van der Waals surface area contributed by atoms with Crippen molar-refractivity contribution >= 4 is 47.2 Å². The van der Waals surface area contributed by atoms with Gasteiger partial charge in [-0.2, -0.15) is 0 Å². The number of amides is 1. The van der Waals surface area contributed by atoms with Crippen LogP contribution in [-0.4, -0.2) is 37.4 Å². The Morgan fingerprint density at radius 2 is 1.92 bits per heavy atom. The number of nitrogens with one attached hydrogen (secondary N) is 2. The van der Waals surface area contributed by atoms with Crippen LogP contribution in [0.4, 0.5) is 4.39 Å². The lowest BCUT2D eigenvalue weighted by molar-refractivity contribution is -0.127. The Morgan fingerprint density at radius 1 is 1.20 bits per heavy atom. The molecule has 0 aliphatic rings. The third-order valence-electron chi connectivity index (χ3n) is 3.25. The van der Waals surface area contributed by atoms with Crippen molar-refractivity contribution in [2.45, 2.75) is 13.1 Å². The molecule has 0 saturated heterocycles. The standard InChI is InChI=1S/C17H21FN4OS.HI/c1-22(2)16(23)12-21-17(20-11-15-4-3-9-24-15)19-10-13-5-7-14(18)8-6-13;/h3-9H,10-12H2,1-2H3,(H2,19,20,21);1H. The molecule has 0 aliphatic heterocycles. The number of hydrogen-bond donors (Lipinski definition) is 2. The topological polar surface area (TPSA) is 56.7 Å². The number of halogens is 2. The first-order chi connectivity index (χ1) is 11.5. The second-order valence-electron chi connectivity index (χ2n) is 5.37. The van der Waals surface area contributed by atoms with E-state index in [0.29, 0.717) is 19.0 Å². The maximum absolute atomic E-state index is 12.9. The summed E-state index contributed by atoms with van der Waals surface area (Å²) < 4.78 is 12.9. The highest BCUT2D eigenvalue weighted by Crippen LogP contribution is 2.07. The Morgan fingerprint density at radius 3 is 2.52 bits per heavy atom. The maximum atomic E-state index is 12.9. The lowest BCUT2D eigenvalue weighted by Crippen LogP contribution is -2.42. The van der Waals surface area contributed by atoms with Gasteiger partial charge in [0.15, 0.2) is 5.96 Å². The molecule has 1 aromatic carbocycles. The summed E-state index contributed by atoms with van der Waals surface area (Å²) >= 11 is 1.65. The molecule has 1 heterocycles. The number of likely N-dealkylation sites (N-methyl/N-ethyl adjacent to an activating group) is 1. The first-order valence-electron chi connectivity index (χ1n) is 7.54.